The van der Waals surface area contributed by atoms with Gasteiger partial charge in [0.15, 0.2) is 0 Å². The van der Waals surface area contributed by atoms with Gasteiger partial charge in [-0.25, -0.2) is 0 Å². The summed E-state index contributed by atoms with van der Waals surface area (Å²) in [7, 11) is 0. The molecular formula is C88H61+. The molecule has 14 aromatic carbocycles. The van der Waals surface area contributed by atoms with Crippen LogP contribution < -0.4 is 0 Å². The highest BCUT2D eigenvalue weighted by molar-refractivity contribution is 6.27. The highest BCUT2D eigenvalue weighted by atomic mass is 14.4. The topological polar surface area (TPSA) is 0 Å². The summed E-state index contributed by atoms with van der Waals surface area (Å²) in [5.41, 5.74) is 39.9. The number of benzene rings is 14. The first kappa shape index (κ1) is 48.4. The second kappa shape index (κ2) is 17.9. The van der Waals surface area contributed by atoms with Gasteiger partial charge in [-0.15, -0.1) is 0 Å². The van der Waals surface area contributed by atoms with E-state index in [0.29, 0.717) is 5.92 Å². The molecule has 0 aliphatic heterocycles. The third kappa shape index (κ3) is 6.68. The zero-order chi connectivity index (χ0) is 57.0. The van der Waals surface area contributed by atoms with Crippen LogP contribution in [-0.4, -0.2) is 0 Å². The van der Waals surface area contributed by atoms with Crippen LogP contribution in [0.5, 0.6) is 0 Å². The minimum Gasteiger partial charge on any atom is -0.0795 e. The van der Waals surface area contributed by atoms with E-state index in [1.807, 2.05) is 0 Å². The summed E-state index contributed by atoms with van der Waals surface area (Å²) in [5.74, 6) is 2.03. The van der Waals surface area contributed by atoms with Crippen LogP contribution in [0, 0.1) is 5.92 Å². The predicted octanol–water partition coefficient (Wildman–Crippen LogP) is 20.2. The Morgan fingerprint density at radius 3 is 0.932 bits per heavy atom. The maximum Gasteiger partial charge on any atom is 0.0649 e. The van der Waals surface area contributed by atoms with Gasteiger partial charge in [0.1, 0.15) is 0 Å². The van der Waals surface area contributed by atoms with Gasteiger partial charge in [-0.05, 0) is 259 Å². The molecule has 0 nitrogen and oxygen atoms in total. The molecule has 0 amide bonds. The molecule has 0 radical (unpaired) electrons. The average Bonchev–Trinajstić information content (AvgIpc) is 2.10. The van der Waals surface area contributed by atoms with Crippen molar-refractivity contribution >= 4 is 70.7 Å². The first-order valence-electron chi connectivity index (χ1n) is 32.6. The van der Waals surface area contributed by atoms with E-state index >= 15 is 0 Å². The molecule has 10 aliphatic rings. The molecule has 24 rings (SSSR count). The minimum absolute atomic E-state index is 0.500. The Kier molecular flexibility index (Phi) is 9.86. The molecule has 10 aliphatic carbocycles. The summed E-state index contributed by atoms with van der Waals surface area (Å²) in [6.45, 7) is 0. The van der Waals surface area contributed by atoms with Crippen molar-refractivity contribution < 1.29 is 0 Å². The third-order valence-electron chi connectivity index (χ3n) is 22.5. The Hall–Kier alpha value is -9.75. The molecule has 0 saturated heterocycles. The van der Waals surface area contributed by atoms with E-state index in [4.69, 9.17) is 0 Å². The smallest absolute Gasteiger partial charge is 0.0649 e. The largest absolute Gasteiger partial charge is 0.0795 e. The van der Waals surface area contributed by atoms with Crippen molar-refractivity contribution in [3.05, 3.63) is 363 Å². The van der Waals surface area contributed by atoms with E-state index in [1.54, 1.807) is 88.7 Å². The van der Waals surface area contributed by atoms with Crippen molar-refractivity contribution in [2.75, 3.05) is 0 Å². The van der Waals surface area contributed by atoms with Crippen LogP contribution in [0.3, 0.4) is 0 Å². The van der Waals surface area contributed by atoms with E-state index in [1.165, 1.54) is 146 Å². The van der Waals surface area contributed by atoms with Gasteiger partial charge in [0.05, 0.1) is 22.6 Å². The zero-order valence-corrected chi connectivity index (χ0v) is 49.3. The normalized spacial score (nSPS) is 15.5. The molecule has 0 aromatic heterocycles. The molecule has 0 heteroatoms. The molecule has 0 bridgehead atoms. The molecule has 0 N–H and O–H groups in total. The first-order valence-corrected chi connectivity index (χ1v) is 32.6. The van der Waals surface area contributed by atoms with Crippen LogP contribution in [0.15, 0.2) is 212 Å². The maximum atomic E-state index is 2.46. The Morgan fingerprint density at radius 1 is 0.250 bits per heavy atom. The molecule has 0 spiro atoms. The second-order valence-corrected chi connectivity index (χ2v) is 27.1. The van der Waals surface area contributed by atoms with Gasteiger partial charge in [0, 0.05) is 58.6 Å². The SMILES string of the molecule is C1=Cc2cc3cccc4c3c3c2c(cc2cccc(c23)C4)C1.c1cc2c3c(c1)Cc1cccc4c1C3c1c(cccc1C4)C2.c1cc2c3c(c1)Cc1cccc4c1[C+]3c1c(cccc1C4)C2.c1cc2c3c(c1)cc1c4c(cc5cccc(c5c43)C2)CCC1. The minimum atomic E-state index is 0.500. The van der Waals surface area contributed by atoms with Crippen molar-refractivity contribution in [1.29, 1.82) is 0 Å². The van der Waals surface area contributed by atoms with Gasteiger partial charge in [-0.1, -0.05) is 176 Å². The highest BCUT2D eigenvalue weighted by Gasteiger charge is 2.45. The van der Waals surface area contributed by atoms with Crippen LogP contribution in [0.25, 0.3) is 70.7 Å². The highest BCUT2D eigenvalue weighted by Crippen LogP contribution is 2.55. The molecule has 88 heavy (non-hydrogen) atoms. The molecule has 0 fully saturated rings. The van der Waals surface area contributed by atoms with E-state index in [0.717, 1.165) is 57.8 Å². The molecule has 0 unspecified atom stereocenters. The molecular weight excluding hydrogens is 1060 g/mol. The summed E-state index contributed by atoms with van der Waals surface area (Å²) in [6, 6.07) is 78.5. The maximum absolute atomic E-state index is 2.46. The van der Waals surface area contributed by atoms with Gasteiger partial charge in [-0.2, -0.15) is 0 Å². The fourth-order valence-corrected chi connectivity index (χ4v) is 19.3. The monoisotopic (exact) mass is 1120 g/mol. The number of rotatable bonds is 0. The van der Waals surface area contributed by atoms with Crippen LogP contribution in [0.2, 0.25) is 0 Å². The van der Waals surface area contributed by atoms with Gasteiger partial charge in [0.2, 0.25) is 0 Å². The Morgan fingerprint density at radius 2 is 0.545 bits per heavy atom. The van der Waals surface area contributed by atoms with Gasteiger partial charge in [0.25, 0.3) is 0 Å². The van der Waals surface area contributed by atoms with Gasteiger partial charge >= 0.3 is 0 Å². The predicted molar refractivity (Wildman–Crippen MR) is 365 cm³/mol. The Labute approximate surface area is 513 Å². The summed E-state index contributed by atoms with van der Waals surface area (Å²) < 4.78 is 0. The molecule has 14 aromatic rings. The van der Waals surface area contributed by atoms with Crippen LogP contribution in [-0.2, 0) is 70.6 Å². The van der Waals surface area contributed by atoms with Crippen LogP contribution in [0.4, 0.5) is 0 Å². The van der Waals surface area contributed by atoms with Crippen molar-refractivity contribution in [1.82, 2.24) is 0 Å². The van der Waals surface area contributed by atoms with E-state index in [2.05, 4.69) is 218 Å². The van der Waals surface area contributed by atoms with Crippen molar-refractivity contribution in [2.24, 2.45) is 0 Å². The molecule has 412 valence electrons. The lowest BCUT2D eigenvalue weighted by atomic mass is 9.63. The van der Waals surface area contributed by atoms with E-state index < -0.39 is 0 Å². The van der Waals surface area contributed by atoms with Crippen molar-refractivity contribution in [2.45, 2.75) is 83.0 Å². The first-order chi connectivity index (χ1) is 43.6. The third-order valence-corrected chi connectivity index (χ3v) is 22.5. The number of hydrogen-bond donors (Lipinski definition) is 0. The number of aryl methyl sites for hydroxylation is 2. The summed E-state index contributed by atoms with van der Waals surface area (Å²) in [5, 5.41) is 17.8. The molecule has 0 heterocycles. The summed E-state index contributed by atoms with van der Waals surface area (Å²) in [6.07, 6.45) is 18.2. The lowest BCUT2D eigenvalue weighted by Crippen LogP contribution is -2.28. The molecule has 0 atom stereocenters. The summed E-state index contributed by atoms with van der Waals surface area (Å²) in [4.78, 5) is 0. The standard InChI is InChI=1S/2C22H16.C22H15.C22H14/c4*1-4-13-10-15-6-2-8-17-12-18-9-3-7-16-11-14(5-1)19(13)22(20(15)17)21(16)18/h1-2,4-6,8,11-12H,3,7,9-10H2;1-9,22H,10-12H2;1-9H,10-12H2;1-8,11-12H,9-10H2/q;;+1;. The average molecular weight is 1120 g/mol. The van der Waals surface area contributed by atoms with Crippen LogP contribution >= 0.6 is 0 Å². The Balaban J connectivity index is 0.0000000803. The molecule has 0 saturated carbocycles. The quantitative estimate of drug-likeness (QED) is 0.105. The van der Waals surface area contributed by atoms with Gasteiger partial charge < -0.3 is 0 Å². The van der Waals surface area contributed by atoms with Crippen molar-refractivity contribution in [3.63, 3.8) is 0 Å². The van der Waals surface area contributed by atoms with Crippen LogP contribution in [0.1, 0.15) is 157 Å². The Bertz CT molecular complexity index is 4920. The van der Waals surface area contributed by atoms with Crippen molar-refractivity contribution in [3.8, 4) is 0 Å². The second-order valence-electron chi connectivity index (χ2n) is 27.1. The lowest BCUT2D eigenvalue weighted by Gasteiger charge is -2.40. The number of allylic oxidation sites excluding steroid dienone is 1. The van der Waals surface area contributed by atoms with E-state index in [-0.39, 0.29) is 0 Å². The lowest BCUT2D eigenvalue weighted by molar-refractivity contribution is 0.777. The summed E-state index contributed by atoms with van der Waals surface area (Å²) >= 11 is 0. The van der Waals surface area contributed by atoms with Gasteiger partial charge in [-0.3, -0.25) is 0 Å². The zero-order valence-electron chi connectivity index (χ0n) is 49.3. The fraction of sp³-hybridized carbons (Fsp3) is 0.148. The number of hydrogen-bond acceptors (Lipinski definition) is 0. The fourth-order valence-electron chi connectivity index (χ4n) is 19.3. The van der Waals surface area contributed by atoms with E-state index in [9.17, 15) is 0 Å².